The Bertz CT molecular complexity index is 148. The fourth-order valence-electron chi connectivity index (χ4n) is 0.539. The van der Waals surface area contributed by atoms with E-state index in [1.165, 1.54) is 0 Å². The predicted molar refractivity (Wildman–Crippen MR) is 48.3 cm³/mol. The van der Waals surface area contributed by atoms with Crippen molar-refractivity contribution in [2.75, 3.05) is 13.2 Å². The van der Waals surface area contributed by atoms with Crippen LogP contribution in [0.1, 0.15) is 26.7 Å². The van der Waals surface area contributed by atoms with Crippen LogP contribution in [0.5, 0.6) is 0 Å². The average Bonchev–Trinajstić information content (AvgIpc) is 2.03. The number of hydrogen-bond acceptors (Lipinski definition) is 1. The van der Waals surface area contributed by atoms with Gasteiger partial charge in [0, 0.05) is 6.42 Å². The van der Waals surface area contributed by atoms with Crippen LogP contribution in [0, 0.1) is 11.8 Å². The molecule has 0 aromatic carbocycles. The average molecular weight is 152 g/mol. The van der Waals surface area contributed by atoms with Gasteiger partial charge >= 0.3 is 0 Å². The van der Waals surface area contributed by atoms with Crippen LogP contribution in [-0.2, 0) is 4.74 Å². The zero-order chi connectivity index (χ0) is 8.36. The largest absolute Gasteiger partial charge is 0.365 e. The minimum atomic E-state index is 0.560. The number of unbranched alkanes of at least 4 members (excludes halogenated alkanes) is 1. The van der Waals surface area contributed by atoms with Gasteiger partial charge < -0.3 is 4.74 Å². The van der Waals surface area contributed by atoms with Crippen molar-refractivity contribution in [2.45, 2.75) is 26.7 Å². The molecule has 0 aromatic heterocycles. The number of allylic oxidation sites excluding steroid dienone is 1. The lowest BCUT2D eigenvalue weighted by atomic mass is 10.3. The van der Waals surface area contributed by atoms with Gasteiger partial charge in [-0.15, -0.1) is 5.92 Å². The highest BCUT2D eigenvalue weighted by atomic mass is 16.5. The maximum Gasteiger partial charge on any atom is 0.108 e. The SMILES string of the molecule is C/C=C/COCC#CCCC. The molecule has 0 aliphatic heterocycles. The van der Waals surface area contributed by atoms with Gasteiger partial charge in [0.15, 0.2) is 0 Å². The molecule has 0 amide bonds. The standard InChI is InChI=1S/C10H16O/c1-3-5-7-8-10-11-9-6-4-2/h4,6H,3,5,9-10H2,1-2H3/b6-4+. The van der Waals surface area contributed by atoms with Crippen LogP contribution < -0.4 is 0 Å². The van der Waals surface area contributed by atoms with Crippen LogP contribution >= 0.6 is 0 Å². The third-order valence-corrected chi connectivity index (χ3v) is 1.12. The van der Waals surface area contributed by atoms with E-state index < -0.39 is 0 Å². The fraction of sp³-hybridized carbons (Fsp3) is 0.600. The molecule has 1 nitrogen and oxygen atoms in total. The van der Waals surface area contributed by atoms with Gasteiger partial charge in [-0.05, 0) is 13.3 Å². The minimum absolute atomic E-state index is 0.560. The van der Waals surface area contributed by atoms with Gasteiger partial charge in [0.1, 0.15) is 6.61 Å². The highest BCUT2D eigenvalue weighted by Crippen LogP contribution is 1.81. The summed E-state index contributed by atoms with van der Waals surface area (Å²) in [5, 5.41) is 0. The first kappa shape index (κ1) is 10.3. The molecular weight excluding hydrogens is 136 g/mol. The van der Waals surface area contributed by atoms with Crippen molar-refractivity contribution in [1.29, 1.82) is 0 Å². The Hall–Kier alpha value is -0.740. The second-order valence-electron chi connectivity index (χ2n) is 2.19. The van der Waals surface area contributed by atoms with Crippen LogP contribution in [-0.4, -0.2) is 13.2 Å². The summed E-state index contributed by atoms with van der Waals surface area (Å²) >= 11 is 0. The van der Waals surface area contributed by atoms with E-state index >= 15 is 0 Å². The van der Waals surface area contributed by atoms with Crippen molar-refractivity contribution >= 4 is 0 Å². The summed E-state index contributed by atoms with van der Waals surface area (Å²) in [6.45, 7) is 5.34. The third kappa shape index (κ3) is 9.26. The van der Waals surface area contributed by atoms with Crippen LogP contribution in [0.3, 0.4) is 0 Å². The molecule has 0 fully saturated rings. The Labute approximate surface area is 69.4 Å². The van der Waals surface area contributed by atoms with Crippen LogP contribution in [0.2, 0.25) is 0 Å². The van der Waals surface area contributed by atoms with Gasteiger partial charge in [-0.1, -0.05) is 25.0 Å². The van der Waals surface area contributed by atoms with Crippen LogP contribution in [0.25, 0.3) is 0 Å². The second kappa shape index (κ2) is 9.26. The molecule has 0 N–H and O–H groups in total. The molecule has 0 aromatic rings. The lowest BCUT2D eigenvalue weighted by Gasteiger charge is -1.90. The monoisotopic (exact) mass is 152 g/mol. The Morgan fingerprint density at radius 2 is 2.18 bits per heavy atom. The van der Waals surface area contributed by atoms with Gasteiger partial charge in [-0.2, -0.15) is 0 Å². The first-order valence-electron chi connectivity index (χ1n) is 4.06. The van der Waals surface area contributed by atoms with E-state index in [1.54, 1.807) is 0 Å². The quantitative estimate of drug-likeness (QED) is 0.341. The van der Waals surface area contributed by atoms with Crippen molar-refractivity contribution in [3.05, 3.63) is 12.2 Å². The van der Waals surface area contributed by atoms with E-state index in [0.29, 0.717) is 13.2 Å². The van der Waals surface area contributed by atoms with Crippen molar-refractivity contribution in [3.63, 3.8) is 0 Å². The molecule has 0 aliphatic rings. The smallest absolute Gasteiger partial charge is 0.108 e. The molecule has 0 atom stereocenters. The molecule has 0 saturated heterocycles. The summed E-state index contributed by atoms with van der Waals surface area (Å²) in [5.74, 6) is 5.95. The van der Waals surface area contributed by atoms with Gasteiger partial charge in [0.05, 0.1) is 6.61 Å². The maximum absolute atomic E-state index is 5.16. The third-order valence-electron chi connectivity index (χ3n) is 1.12. The normalized spacial score (nSPS) is 9.64. The highest BCUT2D eigenvalue weighted by Gasteiger charge is 1.75. The molecule has 62 valence electrons. The molecule has 0 heterocycles. The summed E-state index contributed by atoms with van der Waals surface area (Å²) < 4.78 is 5.16. The molecule has 0 radical (unpaired) electrons. The summed E-state index contributed by atoms with van der Waals surface area (Å²) in [6, 6.07) is 0. The maximum atomic E-state index is 5.16. The summed E-state index contributed by atoms with van der Waals surface area (Å²) in [6.07, 6.45) is 6.05. The molecule has 0 saturated carbocycles. The highest BCUT2D eigenvalue weighted by molar-refractivity contribution is 4.98. The first-order chi connectivity index (χ1) is 5.41. The molecule has 0 rings (SSSR count). The van der Waals surface area contributed by atoms with Crippen molar-refractivity contribution in [1.82, 2.24) is 0 Å². The molecule has 11 heavy (non-hydrogen) atoms. The Kier molecular flexibility index (Phi) is 8.64. The zero-order valence-corrected chi connectivity index (χ0v) is 7.39. The summed E-state index contributed by atoms with van der Waals surface area (Å²) in [7, 11) is 0. The predicted octanol–water partition coefficient (Wildman–Crippen LogP) is 2.38. The van der Waals surface area contributed by atoms with Gasteiger partial charge in [0.25, 0.3) is 0 Å². The molecule has 0 aliphatic carbocycles. The summed E-state index contributed by atoms with van der Waals surface area (Å²) in [5.41, 5.74) is 0. The van der Waals surface area contributed by atoms with Gasteiger partial charge in [0.2, 0.25) is 0 Å². The van der Waals surface area contributed by atoms with E-state index in [-0.39, 0.29) is 0 Å². The van der Waals surface area contributed by atoms with Crippen LogP contribution in [0.4, 0.5) is 0 Å². The molecule has 0 spiro atoms. The van der Waals surface area contributed by atoms with E-state index in [1.807, 2.05) is 19.1 Å². The van der Waals surface area contributed by atoms with E-state index in [0.717, 1.165) is 12.8 Å². The Morgan fingerprint density at radius 1 is 1.36 bits per heavy atom. The van der Waals surface area contributed by atoms with Crippen molar-refractivity contribution < 1.29 is 4.74 Å². The Balaban J connectivity index is 3.08. The van der Waals surface area contributed by atoms with Crippen molar-refractivity contribution in [2.24, 2.45) is 0 Å². The summed E-state index contributed by atoms with van der Waals surface area (Å²) in [4.78, 5) is 0. The molecular formula is C10H16O. The lowest BCUT2D eigenvalue weighted by molar-refractivity contribution is 0.199. The number of hydrogen-bond donors (Lipinski definition) is 0. The van der Waals surface area contributed by atoms with Crippen molar-refractivity contribution in [3.8, 4) is 11.8 Å². The van der Waals surface area contributed by atoms with Gasteiger partial charge in [-0.3, -0.25) is 0 Å². The second-order valence-corrected chi connectivity index (χ2v) is 2.19. The molecule has 0 unspecified atom stereocenters. The first-order valence-corrected chi connectivity index (χ1v) is 4.06. The van der Waals surface area contributed by atoms with Crippen LogP contribution in [0.15, 0.2) is 12.2 Å². The number of ether oxygens (including phenoxy) is 1. The Morgan fingerprint density at radius 3 is 2.82 bits per heavy atom. The van der Waals surface area contributed by atoms with Gasteiger partial charge in [-0.25, -0.2) is 0 Å². The minimum Gasteiger partial charge on any atom is -0.365 e. The molecule has 0 bridgehead atoms. The van der Waals surface area contributed by atoms with E-state index in [2.05, 4.69) is 18.8 Å². The number of rotatable bonds is 4. The fourth-order valence-corrected chi connectivity index (χ4v) is 0.539. The van der Waals surface area contributed by atoms with E-state index in [9.17, 15) is 0 Å². The lowest BCUT2D eigenvalue weighted by Crippen LogP contribution is -1.90. The molecule has 1 heteroatoms. The zero-order valence-electron chi connectivity index (χ0n) is 7.39. The van der Waals surface area contributed by atoms with E-state index in [4.69, 9.17) is 4.74 Å². The topological polar surface area (TPSA) is 9.23 Å².